The molecular formula is C19H18Cl2N2O2. The molecule has 2 amide bonds. The lowest BCUT2D eigenvalue weighted by Gasteiger charge is -2.17. The van der Waals surface area contributed by atoms with Gasteiger partial charge in [-0.1, -0.05) is 53.0 Å². The van der Waals surface area contributed by atoms with Gasteiger partial charge in [-0.15, -0.1) is 0 Å². The van der Waals surface area contributed by atoms with E-state index in [9.17, 15) is 9.59 Å². The first-order valence-electron chi connectivity index (χ1n) is 8.01. The van der Waals surface area contributed by atoms with Gasteiger partial charge in [0, 0.05) is 25.2 Å². The highest BCUT2D eigenvalue weighted by molar-refractivity contribution is 6.42. The Kier molecular flexibility index (Phi) is 5.30. The average molecular weight is 377 g/mol. The van der Waals surface area contributed by atoms with E-state index in [4.69, 9.17) is 23.2 Å². The van der Waals surface area contributed by atoms with Crippen LogP contribution in [0.3, 0.4) is 0 Å². The largest absolute Gasteiger partial charge is 0.338 e. The van der Waals surface area contributed by atoms with Gasteiger partial charge in [0.2, 0.25) is 11.8 Å². The lowest BCUT2D eigenvalue weighted by atomic mass is 10.1. The van der Waals surface area contributed by atoms with Gasteiger partial charge in [0.25, 0.3) is 0 Å². The van der Waals surface area contributed by atoms with Crippen molar-refractivity contribution in [1.82, 2.24) is 4.90 Å². The number of hydrogen-bond donors (Lipinski definition) is 1. The third-order valence-electron chi connectivity index (χ3n) is 4.27. The van der Waals surface area contributed by atoms with E-state index in [0.29, 0.717) is 28.8 Å². The van der Waals surface area contributed by atoms with E-state index < -0.39 is 0 Å². The minimum absolute atomic E-state index is 0.00476. The normalized spacial score (nSPS) is 17.0. The monoisotopic (exact) mass is 376 g/mol. The van der Waals surface area contributed by atoms with Crippen LogP contribution in [0, 0.1) is 12.8 Å². The molecule has 2 aromatic carbocycles. The summed E-state index contributed by atoms with van der Waals surface area (Å²) in [6, 6.07) is 13.0. The van der Waals surface area contributed by atoms with E-state index in [1.165, 1.54) is 5.56 Å². The van der Waals surface area contributed by atoms with Gasteiger partial charge in [0.05, 0.1) is 16.0 Å². The van der Waals surface area contributed by atoms with Crippen LogP contribution in [0.2, 0.25) is 10.0 Å². The Morgan fingerprint density at radius 2 is 1.88 bits per heavy atom. The highest BCUT2D eigenvalue weighted by Gasteiger charge is 2.34. The molecule has 1 fully saturated rings. The van der Waals surface area contributed by atoms with Crippen LogP contribution in [0.4, 0.5) is 5.69 Å². The van der Waals surface area contributed by atoms with Crippen molar-refractivity contribution in [2.75, 3.05) is 11.9 Å². The van der Waals surface area contributed by atoms with E-state index in [1.807, 2.05) is 31.2 Å². The molecule has 6 heteroatoms. The Hall–Kier alpha value is -2.04. The summed E-state index contributed by atoms with van der Waals surface area (Å²) >= 11 is 11.8. The number of carbonyl (C=O) groups excluding carboxylic acids is 2. The van der Waals surface area contributed by atoms with Gasteiger partial charge >= 0.3 is 0 Å². The number of hydrogen-bond acceptors (Lipinski definition) is 2. The number of rotatable bonds is 4. The third-order valence-corrected chi connectivity index (χ3v) is 5.01. The Morgan fingerprint density at radius 3 is 2.56 bits per heavy atom. The maximum absolute atomic E-state index is 12.4. The molecule has 2 aromatic rings. The summed E-state index contributed by atoms with van der Waals surface area (Å²) in [7, 11) is 0. The second-order valence-electron chi connectivity index (χ2n) is 6.28. The highest BCUT2D eigenvalue weighted by Crippen LogP contribution is 2.26. The molecule has 1 heterocycles. The van der Waals surface area contributed by atoms with E-state index in [1.54, 1.807) is 23.1 Å². The van der Waals surface area contributed by atoms with Crippen molar-refractivity contribution in [1.29, 1.82) is 0 Å². The zero-order chi connectivity index (χ0) is 18.0. The van der Waals surface area contributed by atoms with Crippen LogP contribution >= 0.6 is 23.2 Å². The first-order valence-corrected chi connectivity index (χ1v) is 8.77. The minimum atomic E-state index is -0.368. The predicted molar refractivity (Wildman–Crippen MR) is 99.8 cm³/mol. The number of benzene rings is 2. The lowest BCUT2D eigenvalue weighted by Crippen LogP contribution is -2.28. The van der Waals surface area contributed by atoms with Crippen molar-refractivity contribution in [3.63, 3.8) is 0 Å². The minimum Gasteiger partial charge on any atom is -0.338 e. The summed E-state index contributed by atoms with van der Waals surface area (Å²) in [6.07, 6.45) is 0.221. The molecule has 4 nitrogen and oxygen atoms in total. The summed E-state index contributed by atoms with van der Waals surface area (Å²) < 4.78 is 0. The Bertz CT molecular complexity index is 806. The van der Waals surface area contributed by atoms with E-state index >= 15 is 0 Å². The first kappa shape index (κ1) is 17.8. The maximum Gasteiger partial charge on any atom is 0.229 e. The van der Waals surface area contributed by atoms with Gasteiger partial charge in [-0.25, -0.2) is 0 Å². The Morgan fingerprint density at radius 1 is 1.16 bits per heavy atom. The van der Waals surface area contributed by atoms with Gasteiger partial charge in [-0.3, -0.25) is 9.59 Å². The fourth-order valence-electron chi connectivity index (χ4n) is 2.83. The van der Waals surface area contributed by atoms with Crippen LogP contribution in [0.5, 0.6) is 0 Å². The smallest absolute Gasteiger partial charge is 0.229 e. The number of anilines is 1. The molecule has 0 bridgehead atoms. The number of aryl methyl sites for hydroxylation is 1. The van der Waals surface area contributed by atoms with Gasteiger partial charge in [-0.05, 0) is 30.7 Å². The molecule has 3 rings (SSSR count). The summed E-state index contributed by atoms with van der Waals surface area (Å²) in [6.45, 7) is 2.96. The van der Waals surface area contributed by atoms with Crippen molar-refractivity contribution in [2.45, 2.75) is 19.9 Å². The maximum atomic E-state index is 12.4. The Balaban J connectivity index is 1.62. The molecule has 130 valence electrons. The van der Waals surface area contributed by atoms with Crippen LogP contribution in [0.25, 0.3) is 0 Å². The number of nitrogens with zero attached hydrogens (tertiary/aromatic N) is 1. The van der Waals surface area contributed by atoms with Crippen molar-refractivity contribution in [3.05, 3.63) is 63.6 Å². The zero-order valence-electron chi connectivity index (χ0n) is 13.8. The SMILES string of the molecule is Cc1ccc(CN2C[C@H](C(=O)Nc3ccc(Cl)c(Cl)c3)CC2=O)cc1. The van der Waals surface area contributed by atoms with Crippen molar-refractivity contribution in [3.8, 4) is 0 Å². The fraction of sp³-hybridized carbons (Fsp3) is 0.263. The number of carbonyl (C=O) groups is 2. The van der Waals surface area contributed by atoms with E-state index in [2.05, 4.69) is 5.32 Å². The molecule has 0 spiro atoms. The molecule has 1 N–H and O–H groups in total. The van der Waals surface area contributed by atoms with Crippen molar-refractivity contribution < 1.29 is 9.59 Å². The molecule has 1 atom stereocenters. The van der Waals surface area contributed by atoms with Crippen LogP contribution in [0.1, 0.15) is 17.5 Å². The highest BCUT2D eigenvalue weighted by atomic mass is 35.5. The molecule has 0 radical (unpaired) electrons. The van der Waals surface area contributed by atoms with Crippen LogP contribution in [0.15, 0.2) is 42.5 Å². The molecule has 0 unspecified atom stereocenters. The summed E-state index contributed by atoms with van der Waals surface area (Å²) in [5.41, 5.74) is 2.81. The summed E-state index contributed by atoms with van der Waals surface area (Å²) in [4.78, 5) is 26.4. The average Bonchev–Trinajstić information content (AvgIpc) is 2.94. The van der Waals surface area contributed by atoms with Crippen molar-refractivity contribution >= 4 is 40.7 Å². The first-order chi connectivity index (χ1) is 11.9. The number of nitrogens with one attached hydrogen (secondary N) is 1. The molecular weight excluding hydrogens is 359 g/mol. The molecule has 0 aromatic heterocycles. The lowest BCUT2D eigenvalue weighted by molar-refractivity contribution is -0.128. The predicted octanol–water partition coefficient (Wildman–Crippen LogP) is 4.29. The van der Waals surface area contributed by atoms with Crippen LogP contribution < -0.4 is 5.32 Å². The zero-order valence-corrected chi connectivity index (χ0v) is 15.3. The van der Waals surface area contributed by atoms with Gasteiger partial charge in [0.1, 0.15) is 0 Å². The van der Waals surface area contributed by atoms with Crippen molar-refractivity contribution in [2.24, 2.45) is 5.92 Å². The summed E-state index contributed by atoms with van der Waals surface area (Å²) in [5.74, 6) is -0.555. The summed E-state index contributed by atoms with van der Waals surface area (Å²) in [5, 5.41) is 3.61. The third kappa shape index (κ3) is 4.33. The van der Waals surface area contributed by atoms with Gasteiger partial charge in [0.15, 0.2) is 0 Å². The number of amides is 2. The molecule has 0 aliphatic carbocycles. The molecule has 25 heavy (non-hydrogen) atoms. The van der Waals surface area contributed by atoms with E-state index in [0.717, 1.165) is 5.56 Å². The standard InChI is InChI=1S/C19H18Cl2N2O2/c1-12-2-4-13(5-3-12)10-23-11-14(8-18(23)24)19(25)22-15-6-7-16(20)17(21)9-15/h2-7,9,14H,8,10-11H2,1H3,(H,22,25)/t14-/m1/s1. The van der Waals surface area contributed by atoms with E-state index in [-0.39, 0.29) is 24.2 Å². The number of halogens is 2. The second-order valence-corrected chi connectivity index (χ2v) is 7.09. The molecule has 0 saturated carbocycles. The second kappa shape index (κ2) is 7.46. The topological polar surface area (TPSA) is 49.4 Å². The molecule has 1 saturated heterocycles. The number of likely N-dealkylation sites (tertiary alicyclic amines) is 1. The van der Waals surface area contributed by atoms with Crippen LogP contribution in [-0.4, -0.2) is 23.3 Å². The Labute approximate surface area is 156 Å². The van der Waals surface area contributed by atoms with Crippen LogP contribution in [-0.2, 0) is 16.1 Å². The molecule has 1 aliphatic heterocycles. The molecule has 1 aliphatic rings. The van der Waals surface area contributed by atoms with Gasteiger partial charge < -0.3 is 10.2 Å². The quantitative estimate of drug-likeness (QED) is 0.864. The fourth-order valence-corrected chi connectivity index (χ4v) is 3.13. The van der Waals surface area contributed by atoms with Gasteiger partial charge in [-0.2, -0.15) is 0 Å².